The van der Waals surface area contributed by atoms with Gasteiger partial charge in [-0.1, -0.05) is 36.2 Å². The number of rotatable bonds is 6. The highest BCUT2D eigenvalue weighted by molar-refractivity contribution is 7.89. The SMILES string of the molecule is CCCS(=O)(=O)NC[C@@H](O)c1ccc(Cl)cc1Cl. The van der Waals surface area contributed by atoms with Gasteiger partial charge in [0.05, 0.1) is 11.9 Å². The Bertz CT molecular complexity index is 505. The molecule has 1 aromatic carbocycles. The van der Waals surface area contributed by atoms with E-state index in [2.05, 4.69) is 4.72 Å². The first kappa shape index (κ1) is 15.7. The van der Waals surface area contributed by atoms with E-state index < -0.39 is 16.1 Å². The Labute approximate surface area is 117 Å². The van der Waals surface area contributed by atoms with E-state index >= 15 is 0 Å². The Morgan fingerprint density at radius 3 is 2.61 bits per heavy atom. The summed E-state index contributed by atoms with van der Waals surface area (Å²) in [6.07, 6.45) is -0.478. The molecule has 4 nitrogen and oxygen atoms in total. The number of benzene rings is 1. The lowest BCUT2D eigenvalue weighted by Crippen LogP contribution is -2.30. The molecule has 0 radical (unpaired) electrons. The molecule has 1 atom stereocenters. The van der Waals surface area contributed by atoms with Gasteiger partial charge >= 0.3 is 0 Å². The summed E-state index contributed by atoms with van der Waals surface area (Å²) in [7, 11) is -3.33. The van der Waals surface area contributed by atoms with Gasteiger partial charge in [0.2, 0.25) is 10.0 Å². The molecule has 7 heteroatoms. The minimum absolute atomic E-state index is 0.0358. The molecule has 18 heavy (non-hydrogen) atoms. The van der Waals surface area contributed by atoms with Crippen molar-refractivity contribution in [1.82, 2.24) is 4.72 Å². The third-order valence-corrected chi connectivity index (χ3v) is 4.41. The average Bonchev–Trinajstić information content (AvgIpc) is 2.26. The van der Waals surface area contributed by atoms with E-state index in [9.17, 15) is 13.5 Å². The third-order valence-electron chi connectivity index (χ3n) is 2.29. The summed E-state index contributed by atoms with van der Waals surface area (Å²) in [5, 5.41) is 10.6. The van der Waals surface area contributed by atoms with Crippen LogP contribution in [-0.2, 0) is 10.0 Å². The second kappa shape index (κ2) is 6.73. The summed E-state index contributed by atoms with van der Waals surface area (Å²) < 4.78 is 25.2. The lowest BCUT2D eigenvalue weighted by molar-refractivity contribution is 0.182. The second-order valence-corrected chi connectivity index (χ2v) is 6.62. The van der Waals surface area contributed by atoms with Gasteiger partial charge in [0.25, 0.3) is 0 Å². The van der Waals surface area contributed by atoms with Crippen LogP contribution < -0.4 is 4.72 Å². The van der Waals surface area contributed by atoms with Crippen LogP contribution in [0.25, 0.3) is 0 Å². The molecule has 0 aliphatic carbocycles. The van der Waals surface area contributed by atoms with Crippen LogP contribution in [-0.4, -0.2) is 25.8 Å². The molecule has 0 fully saturated rings. The van der Waals surface area contributed by atoms with E-state index in [0.717, 1.165) is 0 Å². The van der Waals surface area contributed by atoms with Crippen LogP contribution in [0, 0.1) is 0 Å². The summed E-state index contributed by atoms with van der Waals surface area (Å²) >= 11 is 11.6. The molecular weight excluding hydrogens is 297 g/mol. The van der Waals surface area contributed by atoms with E-state index in [1.165, 1.54) is 6.07 Å². The standard InChI is InChI=1S/C11H15Cl2NO3S/c1-2-5-18(16,17)14-7-11(15)9-4-3-8(12)6-10(9)13/h3-4,6,11,14-15H,2,5,7H2,1H3/t11-/m1/s1. The van der Waals surface area contributed by atoms with E-state index in [1.807, 2.05) is 0 Å². The van der Waals surface area contributed by atoms with Gasteiger partial charge in [-0.25, -0.2) is 13.1 Å². The highest BCUT2D eigenvalue weighted by atomic mass is 35.5. The highest BCUT2D eigenvalue weighted by Gasteiger charge is 2.15. The molecule has 2 N–H and O–H groups in total. The normalized spacial score (nSPS) is 13.6. The summed E-state index contributed by atoms with van der Waals surface area (Å²) in [6, 6.07) is 4.66. The topological polar surface area (TPSA) is 66.4 Å². The molecule has 0 aliphatic rings. The van der Waals surface area contributed by atoms with Crippen molar-refractivity contribution in [3.8, 4) is 0 Å². The zero-order valence-electron chi connectivity index (χ0n) is 9.86. The summed E-state index contributed by atoms with van der Waals surface area (Å²) in [5.74, 6) is 0.0358. The Morgan fingerprint density at radius 1 is 1.39 bits per heavy atom. The van der Waals surface area contributed by atoms with Gasteiger partial charge in [0.1, 0.15) is 0 Å². The van der Waals surface area contributed by atoms with Crippen molar-refractivity contribution in [1.29, 1.82) is 0 Å². The fourth-order valence-corrected chi connectivity index (χ4v) is 3.06. The number of halogens is 2. The smallest absolute Gasteiger partial charge is 0.211 e. The lowest BCUT2D eigenvalue weighted by atomic mass is 10.1. The van der Waals surface area contributed by atoms with Gasteiger partial charge < -0.3 is 5.11 Å². The van der Waals surface area contributed by atoms with Crippen molar-refractivity contribution < 1.29 is 13.5 Å². The van der Waals surface area contributed by atoms with E-state index in [1.54, 1.807) is 19.1 Å². The molecule has 102 valence electrons. The number of sulfonamides is 1. The van der Waals surface area contributed by atoms with Crippen LogP contribution in [0.1, 0.15) is 25.0 Å². The lowest BCUT2D eigenvalue weighted by Gasteiger charge is -2.14. The summed E-state index contributed by atoms with van der Waals surface area (Å²) in [5.41, 5.74) is 0.445. The number of nitrogens with one attached hydrogen (secondary N) is 1. The van der Waals surface area contributed by atoms with E-state index in [0.29, 0.717) is 22.0 Å². The van der Waals surface area contributed by atoms with Gasteiger partial charge in [0.15, 0.2) is 0 Å². The van der Waals surface area contributed by atoms with E-state index in [4.69, 9.17) is 23.2 Å². The molecule has 0 saturated heterocycles. The van der Waals surface area contributed by atoms with Crippen molar-refractivity contribution in [3.63, 3.8) is 0 Å². The van der Waals surface area contributed by atoms with Crippen molar-refractivity contribution in [2.45, 2.75) is 19.4 Å². The quantitative estimate of drug-likeness (QED) is 0.847. The fraction of sp³-hybridized carbons (Fsp3) is 0.455. The first-order valence-electron chi connectivity index (χ1n) is 5.46. The van der Waals surface area contributed by atoms with Crippen LogP contribution >= 0.6 is 23.2 Å². The molecule has 1 rings (SSSR count). The van der Waals surface area contributed by atoms with Gasteiger partial charge in [-0.15, -0.1) is 0 Å². The Hall–Kier alpha value is -0.330. The van der Waals surface area contributed by atoms with Crippen LogP contribution in [0.3, 0.4) is 0 Å². The summed E-state index contributed by atoms with van der Waals surface area (Å²) in [6.45, 7) is 1.66. The maximum absolute atomic E-state index is 11.4. The van der Waals surface area contributed by atoms with Gasteiger partial charge in [-0.05, 0) is 18.6 Å². The van der Waals surface area contributed by atoms with Crippen molar-refractivity contribution in [2.24, 2.45) is 0 Å². The highest BCUT2D eigenvalue weighted by Crippen LogP contribution is 2.25. The molecule has 0 bridgehead atoms. The zero-order valence-corrected chi connectivity index (χ0v) is 12.2. The third kappa shape index (κ3) is 4.74. The molecule has 0 aromatic heterocycles. The van der Waals surface area contributed by atoms with Crippen LogP contribution in [0.4, 0.5) is 0 Å². The Balaban J connectivity index is 2.69. The molecule has 1 aromatic rings. The summed E-state index contributed by atoms with van der Waals surface area (Å²) in [4.78, 5) is 0. The first-order chi connectivity index (χ1) is 8.35. The van der Waals surface area contributed by atoms with Crippen LogP contribution in [0.15, 0.2) is 18.2 Å². The molecule has 0 unspecified atom stereocenters. The zero-order chi connectivity index (χ0) is 13.8. The average molecular weight is 312 g/mol. The van der Waals surface area contributed by atoms with Gasteiger partial charge in [0, 0.05) is 22.2 Å². The monoisotopic (exact) mass is 311 g/mol. The predicted molar refractivity (Wildman–Crippen MR) is 73.5 cm³/mol. The minimum Gasteiger partial charge on any atom is -0.387 e. The Morgan fingerprint density at radius 2 is 2.06 bits per heavy atom. The molecule has 0 saturated carbocycles. The van der Waals surface area contributed by atoms with Crippen molar-refractivity contribution in [3.05, 3.63) is 33.8 Å². The molecule has 0 amide bonds. The fourth-order valence-electron chi connectivity index (χ4n) is 1.43. The maximum Gasteiger partial charge on any atom is 0.211 e. The molecule has 0 heterocycles. The van der Waals surface area contributed by atoms with Gasteiger partial charge in [-0.3, -0.25) is 0 Å². The van der Waals surface area contributed by atoms with Crippen molar-refractivity contribution >= 4 is 33.2 Å². The number of aliphatic hydroxyl groups excluding tert-OH is 1. The number of hydrogen-bond donors (Lipinski definition) is 2. The number of hydrogen-bond acceptors (Lipinski definition) is 3. The van der Waals surface area contributed by atoms with Crippen molar-refractivity contribution in [2.75, 3.05) is 12.3 Å². The predicted octanol–water partition coefficient (Wildman–Crippen LogP) is 2.36. The van der Waals surface area contributed by atoms with Crippen LogP contribution in [0.5, 0.6) is 0 Å². The number of aliphatic hydroxyl groups is 1. The largest absolute Gasteiger partial charge is 0.387 e. The van der Waals surface area contributed by atoms with Gasteiger partial charge in [-0.2, -0.15) is 0 Å². The maximum atomic E-state index is 11.4. The molecular formula is C11H15Cl2NO3S. The molecule has 0 aliphatic heterocycles. The second-order valence-electron chi connectivity index (χ2n) is 3.85. The molecule has 0 spiro atoms. The van der Waals surface area contributed by atoms with E-state index in [-0.39, 0.29) is 12.3 Å². The Kier molecular flexibility index (Phi) is 5.88. The minimum atomic E-state index is -3.33. The van der Waals surface area contributed by atoms with Crippen LogP contribution in [0.2, 0.25) is 10.0 Å². The first-order valence-corrected chi connectivity index (χ1v) is 7.87.